The first kappa shape index (κ1) is 29.8. The van der Waals surface area contributed by atoms with Gasteiger partial charge in [0, 0.05) is 13.1 Å². The summed E-state index contributed by atoms with van der Waals surface area (Å²) in [7, 11) is -3.70. The minimum atomic E-state index is -3.70. The molecule has 0 unspecified atom stereocenters. The Morgan fingerprint density at radius 1 is 0.791 bits per heavy atom. The Labute approximate surface area is 251 Å². The summed E-state index contributed by atoms with van der Waals surface area (Å²) in [5, 5.41) is 2.90. The predicted octanol–water partition coefficient (Wildman–Crippen LogP) is 3.74. The number of nitrogens with zero attached hydrogens (tertiary/aromatic N) is 1. The minimum absolute atomic E-state index is 0.0300. The minimum Gasteiger partial charge on any atom is -0.484 e. The van der Waals surface area contributed by atoms with Gasteiger partial charge in [0.05, 0.1) is 17.1 Å². The topological polar surface area (TPSA) is 114 Å². The van der Waals surface area contributed by atoms with E-state index in [2.05, 4.69) is 10.0 Å². The summed E-state index contributed by atoms with van der Waals surface area (Å²) in [5.74, 6) is 0.100. The van der Waals surface area contributed by atoms with Crippen molar-refractivity contribution in [2.45, 2.75) is 23.8 Å². The second-order valence-corrected chi connectivity index (χ2v) is 11.8. The van der Waals surface area contributed by atoms with E-state index < -0.39 is 16.1 Å². The molecule has 9 nitrogen and oxygen atoms in total. The van der Waals surface area contributed by atoms with Gasteiger partial charge in [0.25, 0.3) is 11.8 Å². The van der Waals surface area contributed by atoms with Gasteiger partial charge in [0.15, 0.2) is 12.7 Å². The van der Waals surface area contributed by atoms with Crippen LogP contribution >= 0.6 is 0 Å². The van der Waals surface area contributed by atoms with Gasteiger partial charge in [0.2, 0.25) is 10.0 Å². The normalized spacial score (nSPS) is 14.3. The molecule has 5 rings (SSSR count). The average molecular weight is 600 g/mol. The summed E-state index contributed by atoms with van der Waals surface area (Å²) in [6.07, 6.45) is 0.369. The van der Waals surface area contributed by atoms with Crippen molar-refractivity contribution in [2.24, 2.45) is 0 Å². The largest absolute Gasteiger partial charge is 0.484 e. The zero-order valence-corrected chi connectivity index (χ0v) is 24.3. The van der Waals surface area contributed by atoms with E-state index >= 15 is 0 Å². The van der Waals surface area contributed by atoms with Crippen LogP contribution in [0.5, 0.6) is 11.5 Å². The van der Waals surface area contributed by atoms with Crippen LogP contribution in [0.25, 0.3) is 0 Å². The van der Waals surface area contributed by atoms with Gasteiger partial charge in [-0.1, -0.05) is 72.8 Å². The Hall–Kier alpha value is -4.67. The molecule has 43 heavy (non-hydrogen) atoms. The maximum absolute atomic E-state index is 13.3. The Balaban J connectivity index is 1.15. The van der Waals surface area contributed by atoms with Crippen LogP contribution in [0.1, 0.15) is 11.1 Å². The average Bonchev–Trinajstić information content (AvgIpc) is 3.04. The van der Waals surface area contributed by atoms with Gasteiger partial charge in [0.1, 0.15) is 11.5 Å². The molecule has 2 amide bonds. The summed E-state index contributed by atoms with van der Waals surface area (Å²) in [4.78, 5) is 27.8. The lowest BCUT2D eigenvalue weighted by atomic mass is 10.1. The number of hydrogen-bond donors (Lipinski definition) is 2. The van der Waals surface area contributed by atoms with E-state index in [1.165, 1.54) is 29.2 Å². The van der Waals surface area contributed by atoms with Crippen LogP contribution in [0.3, 0.4) is 0 Å². The van der Waals surface area contributed by atoms with E-state index in [-0.39, 0.29) is 36.4 Å². The standard InChI is InChI=1S/C33H33N3O6S/c37-32(24-41-27-15-17-28(18-16-27)43(39,40)35-22-20-26-11-5-2-6-12-26)36-23-31(42-30-14-8-7-13-29(30)36)33(38)34-21-19-25-9-3-1-4-10-25/h1-18,31,35H,19-24H2,(H,34,38)/t31-/m0/s1. The van der Waals surface area contributed by atoms with Crippen LogP contribution in [0.4, 0.5) is 5.69 Å². The van der Waals surface area contributed by atoms with E-state index in [1.54, 1.807) is 24.3 Å². The molecule has 0 fully saturated rings. The van der Waals surface area contributed by atoms with Crippen molar-refractivity contribution in [2.75, 3.05) is 31.1 Å². The first-order chi connectivity index (χ1) is 20.9. The van der Waals surface area contributed by atoms with Gasteiger partial charge in [-0.15, -0.1) is 0 Å². The van der Waals surface area contributed by atoms with Gasteiger partial charge in [-0.05, 0) is 60.4 Å². The predicted molar refractivity (Wildman–Crippen MR) is 164 cm³/mol. The van der Waals surface area contributed by atoms with E-state index in [9.17, 15) is 18.0 Å². The second kappa shape index (κ2) is 14.0. The molecule has 0 saturated carbocycles. The van der Waals surface area contributed by atoms with Crippen molar-refractivity contribution >= 4 is 27.5 Å². The molecular weight excluding hydrogens is 566 g/mol. The fraction of sp³-hybridized carbons (Fsp3) is 0.212. The smallest absolute Gasteiger partial charge is 0.265 e. The summed E-state index contributed by atoms with van der Waals surface area (Å²) >= 11 is 0. The molecule has 0 aliphatic carbocycles. The van der Waals surface area contributed by atoms with Crippen molar-refractivity contribution < 1.29 is 27.5 Å². The van der Waals surface area contributed by atoms with Crippen molar-refractivity contribution in [3.8, 4) is 11.5 Å². The number of fused-ring (bicyclic) bond motifs is 1. The summed E-state index contributed by atoms with van der Waals surface area (Å²) < 4.78 is 39.6. The molecule has 0 spiro atoms. The van der Waals surface area contributed by atoms with Gasteiger partial charge in [-0.25, -0.2) is 13.1 Å². The lowest BCUT2D eigenvalue weighted by molar-refractivity contribution is -0.128. The van der Waals surface area contributed by atoms with E-state index in [0.717, 1.165) is 11.1 Å². The number of anilines is 1. The number of carbonyl (C=O) groups is 2. The summed E-state index contributed by atoms with van der Waals surface area (Å²) in [5.41, 5.74) is 2.69. The number of sulfonamides is 1. The number of rotatable bonds is 12. The fourth-order valence-corrected chi connectivity index (χ4v) is 5.72. The highest BCUT2D eigenvalue weighted by Gasteiger charge is 2.33. The van der Waals surface area contributed by atoms with Gasteiger partial charge < -0.3 is 19.7 Å². The Kier molecular flexibility index (Phi) is 9.70. The number of hydrogen-bond acceptors (Lipinski definition) is 6. The number of amides is 2. The van der Waals surface area contributed by atoms with Crippen LogP contribution in [0.15, 0.2) is 114 Å². The van der Waals surface area contributed by atoms with Crippen LogP contribution in [-0.4, -0.2) is 52.6 Å². The Morgan fingerprint density at radius 3 is 2.07 bits per heavy atom. The molecule has 1 atom stereocenters. The van der Waals surface area contributed by atoms with Crippen molar-refractivity contribution in [1.82, 2.24) is 10.0 Å². The first-order valence-corrected chi connectivity index (χ1v) is 15.5. The van der Waals surface area contributed by atoms with E-state index in [1.807, 2.05) is 60.7 Å². The molecule has 222 valence electrons. The summed E-state index contributed by atoms with van der Waals surface area (Å²) in [6.45, 7) is 0.433. The summed E-state index contributed by atoms with van der Waals surface area (Å²) in [6, 6.07) is 32.4. The molecule has 10 heteroatoms. The van der Waals surface area contributed by atoms with Crippen molar-refractivity contribution in [1.29, 1.82) is 0 Å². The Morgan fingerprint density at radius 2 is 1.40 bits per heavy atom. The van der Waals surface area contributed by atoms with Crippen LogP contribution in [-0.2, 0) is 32.5 Å². The quantitative estimate of drug-likeness (QED) is 0.257. The lowest BCUT2D eigenvalue weighted by Crippen LogP contribution is -2.52. The van der Waals surface area contributed by atoms with E-state index in [0.29, 0.717) is 36.6 Å². The molecular formula is C33H33N3O6S. The SMILES string of the molecule is O=C(NCCc1ccccc1)[C@@H]1CN(C(=O)COc2ccc(S(=O)(=O)NCCc3ccccc3)cc2)c2ccccc2O1. The third-order valence-corrected chi connectivity index (χ3v) is 8.44. The molecule has 0 bridgehead atoms. The van der Waals surface area contributed by atoms with Crippen LogP contribution in [0, 0.1) is 0 Å². The highest BCUT2D eigenvalue weighted by atomic mass is 32.2. The first-order valence-electron chi connectivity index (χ1n) is 14.0. The molecule has 1 aliphatic rings. The van der Waals surface area contributed by atoms with Gasteiger partial charge >= 0.3 is 0 Å². The molecule has 1 aliphatic heterocycles. The number of para-hydroxylation sites is 2. The van der Waals surface area contributed by atoms with E-state index in [4.69, 9.17) is 9.47 Å². The van der Waals surface area contributed by atoms with Crippen molar-refractivity contribution in [3.05, 3.63) is 120 Å². The zero-order chi connectivity index (χ0) is 30.1. The van der Waals surface area contributed by atoms with Gasteiger partial charge in [-0.2, -0.15) is 0 Å². The lowest BCUT2D eigenvalue weighted by Gasteiger charge is -2.34. The Bertz CT molecular complexity index is 1630. The highest BCUT2D eigenvalue weighted by molar-refractivity contribution is 7.89. The molecule has 2 N–H and O–H groups in total. The number of benzene rings is 4. The highest BCUT2D eigenvalue weighted by Crippen LogP contribution is 2.33. The maximum Gasteiger partial charge on any atom is 0.265 e. The second-order valence-electron chi connectivity index (χ2n) is 10.00. The number of ether oxygens (including phenoxy) is 2. The molecule has 0 saturated heterocycles. The van der Waals surface area contributed by atoms with Crippen LogP contribution in [0.2, 0.25) is 0 Å². The molecule has 1 heterocycles. The maximum atomic E-state index is 13.3. The molecule has 4 aromatic rings. The monoisotopic (exact) mass is 599 g/mol. The van der Waals surface area contributed by atoms with Crippen molar-refractivity contribution in [3.63, 3.8) is 0 Å². The number of nitrogens with one attached hydrogen (secondary N) is 2. The molecule has 4 aromatic carbocycles. The third-order valence-electron chi connectivity index (χ3n) is 6.97. The number of carbonyl (C=O) groups excluding carboxylic acids is 2. The third kappa shape index (κ3) is 8.00. The molecule has 0 aromatic heterocycles. The van der Waals surface area contributed by atoms with Crippen LogP contribution < -0.4 is 24.4 Å². The zero-order valence-electron chi connectivity index (χ0n) is 23.5. The van der Waals surface area contributed by atoms with Gasteiger partial charge in [-0.3, -0.25) is 9.59 Å². The molecule has 0 radical (unpaired) electrons. The fourth-order valence-electron chi connectivity index (χ4n) is 4.69.